The monoisotopic (exact) mass is 370 g/mol. The standard InChI is InChI=1S/C20H26N4O3/c25-20(17-4-1-9-21-13-17)24-10-2-3-15(14-24)5-6-18-22-19(27-23-18)16-7-11-26-12-8-16/h1,4,9,13,15-16H,2-3,5-8,10-12,14H2. The summed E-state index contributed by atoms with van der Waals surface area (Å²) in [5.74, 6) is 2.43. The molecule has 0 N–H and O–H groups in total. The number of hydrogen-bond acceptors (Lipinski definition) is 6. The van der Waals surface area contributed by atoms with Crippen LogP contribution in [0, 0.1) is 5.92 Å². The Morgan fingerprint density at radius 2 is 2.15 bits per heavy atom. The van der Waals surface area contributed by atoms with Crippen molar-refractivity contribution in [1.29, 1.82) is 0 Å². The quantitative estimate of drug-likeness (QED) is 0.805. The number of carbonyl (C=O) groups is 1. The third-order valence-electron chi connectivity index (χ3n) is 5.55. The molecule has 27 heavy (non-hydrogen) atoms. The highest BCUT2D eigenvalue weighted by molar-refractivity contribution is 5.93. The van der Waals surface area contributed by atoms with Crippen LogP contribution in [0.4, 0.5) is 0 Å². The Morgan fingerprint density at radius 3 is 2.96 bits per heavy atom. The predicted octanol–water partition coefficient (Wildman–Crippen LogP) is 2.84. The van der Waals surface area contributed by atoms with Crippen LogP contribution in [0.25, 0.3) is 0 Å². The average molecular weight is 370 g/mol. The summed E-state index contributed by atoms with van der Waals surface area (Å²) < 4.78 is 10.9. The minimum atomic E-state index is 0.0779. The van der Waals surface area contributed by atoms with Gasteiger partial charge >= 0.3 is 0 Å². The van der Waals surface area contributed by atoms with E-state index in [0.29, 0.717) is 17.4 Å². The molecule has 2 saturated heterocycles. The molecule has 2 aromatic rings. The summed E-state index contributed by atoms with van der Waals surface area (Å²) in [5.41, 5.74) is 0.664. The number of amides is 1. The number of rotatable bonds is 5. The number of piperidine rings is 1. The van der Waals surface area contributed by atoms with E-state index in [4.69, 9.17) is 9.26 Å². The highest BCUT2D eigenvalue weighted by atomic mass is 16.5. The minimum absolute atomic E-state index is 0.0779. The summed E-state index contributed by atoms with van der Waals surface area (Å²) in [4.78, 5) is 23.2. The Kier molecular flexibility index (Phi) is 5.77. The van der Waals surface area contributed by atoms with Gasteiger partial charge in [0.1, 0.15) is 0 Å². The predicted molar refractivity (Wildman–Crippen MR) is 98.3 cm³/mol. The third-order valence-corrected chi connectivity index (χ3v) is 5.55. The molecule has 7 heteroatoms. The first-order chi connectivity index (χ1) is 13.3. The second-order valence-corrected chi connectivity index (χ2v) is 7.48. The molecule has 144 valence electrons. The molecule has 4 rings (SSSR count). The Labute approximate surface area is 159 Å². The van der Waals surface area contributed by atoms with Crippen molar-refractivity contribution in [2.24, 2.45) is 5.92 Å². The van der Waals surface area contributed by atoms with Crippen molar-refractivity contribution in [3.63, 3.8) is 0 Å². The van der Waals surface area contributed by atoms with E-state index in [9.17, 15) is 4.79 Å². The van der Waals surface area contributed by atoms with E-state index in [1.165, 1.54) is 0 Å². The van der Waals surface area contributed by atoms with Crippen LogP contribution in [-0.4, -0.2) is 52.2 Å². The molecule has 7 nitrogen and oxygen atoms in total. The molecule has 0 aromatic carbocycles. The maximum absolute atomic E-state index is 12.6. The average Bonchev–Trinajstić information content (AvgIpc) is 3.22. The van der Waals surface area contributed by atoms with Crippen LogP contribution in [0.15, 0.2) is 29.0 Å². The van der Waals surface area contributed by atoms with Gasteiger partial charge in [-0.3, -0.25) is 9.78 Å². The van der Waals surface area contributed by atoms with E-state index >= 15 is 0 Å². The van der Waals surface area contributed by atoms with Crippen LogP contribution >= 0.6 is 0 Å². The maximum atomic E-state index is 12.6. The van der Waals surface area contributed by atoms with Crippen LogP contribution in [0.1, 0.15) is 60.1 Å². The Balaban J connectivity index is 1.29. The van der Waals surface area contributed by atoms with E-state index in [0.717, 1.165) is 76.5 Å². The largest absolute Gasteiger partial charge is 0.381 e. The van der Waals surface area contributed by atoms with Crippen molar-refractivity contribution in [1.82, 2.24) is 20.0 Å². The molecule has 0 bridgehead atoms. The first-order valence-electron chi connectivity index (χ1n) is 9.89. The van der Waals surface area contributed by atoms with Crippen LogP contribution in [0.2, 0.25) is 0 Å². The van der Waals surface area contributed by atoms with E-state index in [-0.39, 0.29) is 5.91 Å². The van der Waals surface area contributed by atoms with Gasteiger partial charge in [-0.1, -0.05) is 5.16 Å². The van der Waals surface area contributed by atoms with Crippen molar-refractivity contribution >= 4 is 5.91 Å². The molecule has 2 aliphatic rings. The van der Waals surface area contributed by atoms with Crippen LogP contribution in [0.3, 0.4) is 0 Å². The Hall–Kier alpha value is -2.28. The number of ether oxygens (including phenoxy) is 1. The molecule has 1 amide bonds. The van der Waals surface area contributed by atoms with Gasteiger partial charge in [0.2, 0.25) is 5.89 Å². The van der Waals surface area contributed by atoms with Crippen LogP contribution in [0.5, 0.6) is 0 Å². The van der Waals surface area contributed by atoms with Gasteiger partial charge in [0.05, 0.1) is 5.56 Å². The Morgan fingerprint density at radius 1 is 1.26 bits per heavy atom. The molecule has 0 radical (unpaired) electrons. The first-order valence-corrected chi connectivity index (χ1v) is 9.89. The minimum Gasteiger partial charge on any atom is -0.381 e. The van der Waals surface area contributed by atoms with Crippen LogP contribution in [-0.2, 0) is 11.2 Å². The molecular weight excluding hydrogens is 344 g/mol. The second-order valence-electron chi connectivity index (χ2n) is 7.48. The lowest BCUT2D eigenvalue weighted by molar-refractivity contribution is 0.0667. The molecule has 2 fully saturated rings. The van der Waals surface area contributed by atoms with Crippen molar-refractivity contribution < 1.29 is 14.1 Å². The molecule has 2 aliphatic heterocycles. The highest BCUT2D eigenvalue weighted by Gasteiger charge is 2.26. The summed E-state index contributed by atoms with van der Waals surface area (Å²) in [5, 5.41) is 4.16. The fourth-order valence-corrected chi connectivity index (χ4v) is 3.97. The maximum Gasteiger partial charge on any atom is 0.255 e. The summed E-state index contributed by atoms with van der Waals surface area (Å²) >= 11 is 0. The molecule has 0 spiro atoms. The lowest BCUT2D eigenvalue weighted by atomic mass is 9.93. The van der Waals surface area contributed by atoms with E-state index in [2.05, 4.69) is 15.1 Å². The molecule has 1 unspecified atom stereocenters. The number of nitrogens with zero attached hydrogens (tertiary/aromatic N) is 4. The van der Waals surface area contributed by atoms with Gasteiger partial charge < -0.3 is 14.2 Å². The van der Waals surface area contributed by atoms with Crippen LogP contribution < -0.4 is 0 Å². The van der Waals surface area contributed by atoms with Crippen molar-refractivity contribution in [2.75, 3.05) is 26.3 Å². The van der Waals surface area contributed by atoms with Crippen molar-refractivity contribution in [2.45, 2.75) is 44.4 Å². The molecule has 1 atom stereocenters. The topological polar surface area (TPSA) is 81.4 Å². The fraction of sp³-hybridized carbons (Fsp3) is 0.600. The zero-order valence-electron chi connectivity index (χ0n) is 15.5. The fourth-order valence-electron chi connectivity index (χ4n) is 3.97. The lowest BCUT2D eigenvalue weighted by Crippen LogP contribution is -2.40. The summed E-state index contributed by atoms with van der Waals surface area (Å²) in [6.07, 6.45) is 9.19. The SMILES string of the molecule is O=C(c1cccnc1)N1CCCC(CCc2noc(C3CCOCC3)n2)C1. The third kappa shape index (κ3) is 4.53. The number of carbonyl (C=O) groups excluding carboxylic acids is 1. The van der Waals surface area contributed by atoms with Gasteiger partial charge in [-0.15, -0.1) is 0 Å². The zero-order valence-corrected chi connectivity index (χ0v) is 15.5. The van der Waals surface area contributed by atoms with Gasteiger partial charge in [-0.05, 0) is 50.2 Å². The highest BCUT2D eigenvalue weighted by Crippen LogP contribution is 2.26. The molecule has 0 saturated carbocycles. The smallest absolute Gasteiger partial charge is 0.255 e. The number of hydrogen-bond donors (Lipinski definition) is 0. The number of likely N-dealkylation sites (tertiary alicyclic amines) is 1. The van der Waals surface area contributed by atoms with Crippen molar-refractivity contribution in [3.8, 4) is 0 Å². The normalized spacial score (nSPS) is 21.3. The number of pyridine rings is 1. The van der Waals surface area contributed by atoms with Gasteiger partial charge in [0, 0.05) is 51.0 Å². The van der Waals surface area contributed by atoms with E-state index in [1.807, 2.05) is 11.0 Å². The molecular formula is C20H26N4O3. The summed E-state index contributed by atoms with van der Waals surface area (Å²) in [6, 6.07) is 3.64. The van der Waals surface area contributed by atoms with Crippen molar-refractivity contribution in [3.05, 3.63) is 41.8 Å². The van der Waals surface area contributed by atoms with Gasteiger partial charge in [-0.2, -0.15) is 4.98 Å². The van der Waals surface area contributed by atoms with Gasteiger partial charge in [0.15, 0.2) is 5.82 Å². The number of aryl methyl sites for hydroxylation is 1. The summed E-state index contributed by atoms with van der Waals surface area (Å²) in [7, 11) is 0. The molecule has 4 heterocycles. The van der Waals surface area contributed by atoms with E-state index < -0.39 is 0 Å². The molecule has 0 aliphatic carbocycles. The van der Waals surface area contributed by atoms with Gasteiger partial charge in [0.25, 0.3) is 5.91 Å². The summed E-state index contributed by atoms with van der Waals surface area (Å²) in [6.45, 7) is 3.15. The van der Waals surface area contributed by atoms with Gasteiger partial charge in [-0.25, -0.2) is 0 Å². The number of aromatic nitrogens is 3. The first kappa shape index (κ1) is 18.1. The second kappa shape index (κ2) is 8.61. The molecule has 2 aromatic heterocycles. The Bertz CT molecular complexity index is 743. The zero-order chi connectivity index (χ0) is 18.5. The lowest BCUT2D eigenvalue weighted by Gasteiger charge is -2.32. The van der Waals surface area contributed by atoms with E-state index in [1.54, 1.807) is 18.5 Å².